The van der Waals surface area contributed by atoms with Gasteiger partial charge in [0.2, 0.25) is 5.91 Å². The van der Waals surface area contributed by atoms with E-state index in [-0.39, 0.29) is 11.9 Å². The number of nitrogens with one attached hydrogen (secondary N) is 1. The summed E-state index contributed by atoms with van der Waals surface area (Å²) in [6.07, 6.45) is 3.30. The lowest BCUT2D eigenvalue weighted by Crippen LogP contribution is -2.51. The monoisotopic (exact) mass is 371 g/mol. The smallest absolute Gasteiger partial charge is 0.231 e. The number of hydrogen-bond acceptors (Lipinski definition) is 5. The Balaban J connectivity index is 1.80. The van der Waals surface area contributed by atoms with Crippen LogP contribution in [0.4, 0.5) is 0 Å². The summed E-state index contributed by atoms with van der Waals surface area (Å²) in [4.78, 5) is 15.7. The lowest BCUT2D eigenvalue weighted by Gasteiger charge is -2.40. The Morgan fingerprint density at radius 3 is 2.67 bits per heavy atom. The number of hydrogen-bond donors (Lipinski definition) is 1. The fourth-order valence-corrected chi connectivity index (χ4v) is 3.76. The number of rotatable bonds is 7. The van der Waals surface area contributed by atoms with Crippen molar-refractivity contribution in [2.45, 2.75) is 37.8 Å². The number of aromatic nitrogens is 3. The van der Waals surface area contributed by atoms with Gasteiger partial charge >= 0.3 is 0 Å². The molecule has 7 heteroatoms. The number of piperidine rings is 1. The standard InChI is InChI=1S/C20H29N5O2/c1-16(18-23-21-15-25(18)13-14-27-3)22-19(26)20(9-11-24(2)12-10-20)17-7-5-4-6-8-17/h4-8,15-16H,9-14H2,1-3H3,(H,22,26)/t16-/m1/s1. The van der Waals surface area contributed by atoms with E-state index < -0.39 is 5.41 Å². The van der Waals surface area contributed by atoms with Gasteiger partial charge in [-0.25, -0.2) is 0 Å². The quantitative estimate of drug-likeness (QED) is 0.803. The first-order valence-electron chi connectivity index (χ1n) is 9.48. The number of methoxy groups -OCH3 is 1. The third kappa shape index (κ3) is 4.20. The Labute approximate surface area is 160 Å². The first kappa shape index (κ1) is 19.5. The molecule has 27 heavy (non-hydrogen) atoms. The second-order valence-electron chi connectivity index (χ2n) is 7.32. The van der Waals surface area contributed by atoms with Crippen molar-refractivity contribution in [2.24, 2.45) is 0 Å². The maximum absolute atomic E-state index is 13.4. The average Bonchev–Trinajstić information content (AvgIpc) is 3.16. The number of nitrogens with zero attached hydrogens (tertiary/aromatic N) is 4. The van der Waals surface area contributed by atoms with Crippen LogP contribution < -0.4 is 5.32 Å². The molecular weight excluding hydrogens is 342 g/mol. The normalized spacial score (nSPS) is 18.2. The number of likely N-dealkylation sites (tertiary alicyclic amines) is 1. The Kier molecular flexibility index (Phi) is 6.23. The van der Waals surface area contributed by atoms with E-state index in [2.05, 4.69) is 39.6 Å². The Morgan fingerprint density at radius 1 is 1.30 bits per heavy atom. The van der Waals surface area contributed by atoms with Crippen LogP contribution in [0.2, 0.25) is 0 Å². The SMILES string of the molecule is COCCn1cnnc1[C@@H](C)NC(=O)C1(c2ccccc2)CCN(C)CC1. The van der Waals surface area contributed by atoms with Gasteiger partial charge in [-0.1, -0.05) is 30.3 Å². The van der Waals surface area contributed by atoms with Crippen LogP contribution in [0.5, 0.6) is 0 Å². The van der Waals surface area contributed by atoms with Gasteiger partial charge in [-0.2, -0.15) is 0 Å². The van der Waals surface area contributed by atoms with E-state index >= 15 is 0 Å². The molecular formula is C20H29N5O2. The van der Waals surface area contributed by atoms with Crippen LogP contribution >= 0.6 is 0 Å². The van der Waals surface area contributed by atoms with Gasteiger partial charge < -0.3 is 19.5 Å². The lowest BCUT2D eigenvalue weighted by atomic mass is 9.72. The number of amides is 1. The van der Waals surface area contributed by atoms with Crippen molar-refractivity contribution in [3.8, 4) is 0 Å². The summed E-state index contributed by atoms with van der Waals surface area (Å²) >= 11 is 0. The second kappa shape index (κ2) is 8.63. The number of ether oxygens (including phenoxy) is 1. The van der Waals surface area contributed by atoms with E-state index in [4.69, 9.17) is 4.74 Å². The van der Waals surface area contributed by atoms with Crippen LogP contribution in [-0.2, 0) is 21.5 Å². The maximum atomic E-state index is 13.4. The highest BCUT2D eigenvalue weighted by atomic mass is 16.5. The first-order valence-corrected chi connectivity index (χ1v) is 9.48. The van der Waals surface area contributed by atoms with E-state index in [9.17, 15) is 4.79 Å². The zero-order valence-electron chi connectivity index (χ0n) is 16.4. The van der Waals surface area contributed by atoms with Crippen molar-refractivity contribution in [1.29, 1.82) is 0 Å². The van der Waals surface area contributed by atoms with Crippen LogP contribution in [-0.4, -0.2) is 59.4 Å². The van der Waals surface area contributed by atoms with Gasteiger partial charge in [0.05, 0.1) is 18.1 Å². The Hall–Kier alpha value is -2.25. The van der Waals surface area contributed by atoms with Crippen LogP contribution in [0.15, 0.2) is 36.7 Å². The summed E-state index contributed by atoms with van der Waals surface area (Å²) in [5, 5.41) is 11.4. The number of carbonyl (C=O) groups is 1. The molecule has 1 atom stereocenters. The van der Waals surface area contributed by atoms with E-state index in [0.717, 1.165) is 37.3 Å². The van der Waals surface area contributed by atoms with Crippen molar-refractivity contribution in [1.82, 2.24) is 25.0 Å². The third-order valence-corrected chi connectivity index (χ3v) is 5.52. The summed E-state index contributed by atoms with van der Waals surface area (Å²) in [6.45, 7) is 5.00. The molecule has 1 aliphatic heterocycles. The molecule has 1 amide bonds. The predicted molar refractivity (Wildman–Crippen MR) is 103 cm³/mol. The van der Waals surface area contributed by atoms with Crippen molar-refractivity contribution in [2.75, 3.05) is 33.9 Å². The average molecular weight is 371 g/mol. The molecule has 2 heterocycles. The molecule has 0 radical (unpaired) electrons. The third-order valence-electron chi connectivity index (χ3n) is 5.52. The highest BCUT2D eigenvalue weighted by Gasteiger charge is 2.42. The second-order valence-corrected chi connectivity index (χ2v) is 7.32. The van der Waals surface area contributed by atoms with Gasteiger partial charge in [-0.15, -0.1) is 10.2 Å². The molecule has 0 aliphatic carbocycles. The summed E-state index contributed by atoms with van der Waals surface area (Å²) in [7, 11) is 3.77. The Morgan fingerprint density at radius 2 is 2.00 bits per heavy atom. The van der Waals surface area contributed by atoms with E-state index in [1.54, 1.807) is 13.4 Å². The molecule has 0 saturated carbocycles. The number of benzene rings is 1. The molecule has 1 aromatic carbocycles. The topological polar surface area (TPSA) is 72.3 Å². The summed E-state index contributed by atoms with van der Waals surface area (Å²) in [5.74, 6) is 0.812. The van der Waals surface area contributed by atoms with E-state index in [1.807, 2.05) is 29.7 Å². The largest absolute Gasteiger partial charge is 0.383 e. The van der Waals surface area contributed by atoms with Crippen LogP contribution in [0.1, 0.15) is 37.2 Å². The minimum Gasteiger partial charge on any atom is -0.383 e. The highest BCUT2D eigenvalue weighted by molar-refractivity contribution is 5.88. The maximum Gasteiger partial charge on any atom is 0.231 e. The van der Waals surface area contributed by atoms with Crippen molar-refractivity contribution in [3.05, 3.63) is 48.0 Å². The Bertz CT molecular complexity index is 738. The van der Waals surface area contributed by atoms with Gasteiger partial charge in [0, 0.05) is 13.7 Å². The molecule has 1 saturated heterocycles. The zero-order chi connectivity index (χ0) is 19.3. The minimum absolute atomic E-state index is 0.0654. The van der Waals surface area contributed by atoms with Crippen LogP contribution in [0.3, 0.4) is 0 Å². The molecule has 0 unspecified atom stereocenters. The molecule has 7 nitrogen and oxygen atoms in total. The summed E-state index contributed by atoms with van der Waals surface area (Å²) in [6, 6.07) is 9.91. The summed E-state index contributed by atoms with van der Waals surface area (Å²) in [5.41, 5.74) is 0.586. The van der Waals surface area contributed by atoms with Crippen molar-refractivity contribution in [3.63, 3.8) is 0 Å². The van der Waals surface area contributed by atoms with Crippen molar-refractivity contribution >= 4 is 5.91 Å². The molecule has 1 N–H and O–H groups in total. The lowest BCUT2D eigenvalue weighted by molar-refractivity contribution is -0.129. The van der Waals surface area contributed by atoms with Crippen LogP contribution in [0, 0.1) is 0 Å². The predicted octanol–water partition coefficient (Wildman–Crippen LogP) is 1.77. The highest BCUT2D eigenvalue weighted by Crippen LogP contribution is 2.36. The van der Waals surface area contributed by atoms with Crippen LogP contribution in [0.25, 0.3) is 0 Å². The number of carbonyl (C=O) groups excluding carboxylic acids is 1. The molecule has 0 spiro atoms. The van der Waals surface area contributed by atoms with E-state index in [0.29, 0.717) is 13.2 Å². The molecule has 1 aliphatic rings. The van der Waals surface area contributed by atoms with Gasteiger partial charge in [0.1, 0.15) is 6.33 Å². The molecule has 0 bridgehead atoms. The minimum atomic E-state index is -0.501. The fourth-order valence-electron chi connectivity index (χ4n) is 3.76. The molecule has 3 rings (SSSR count). The molecule has 2 aromatic rings. The van der Waals surface area contributed by atoms with Gasteiger partial charge in [0.25, 0.3) is 0 Å². The molecule has 1 aromatic heterocycles. The van der Waals surface area contributed by atoms with Gasteiger partial charge in [-0.05, 0) is 45.5 Å². The van der Waals surface area contributed by atoms with Gasteiger partial charge in [0.15, 0.2) is 5.82 Å². The fraction of sp³-hybridized carbons (Fsp3) is 0.550. The molecule has 146 valence electrons. The summed E-state index contributed by atoms with van der Waals surface area (Å²) < 4.78 is 7.07. The van der Waals surface area contributed by atoms with E-state index in [1.165, 1.54) is 0 Å². The van der Waals surface area contributed by atoms with Crippen molar-refractivity contribution < 1.29 is 9.53 Å². The van der Waals surface area contributed by atoms with Gasteiger partial charge in [-0.3, -0.25) is 4.79 Å². The molecule has 1 fully saturated rings. The first-order chi connectivity index (χ1) is 13.1. The zero-order valence-corrected chi connectivity index (χ0v) is 16.4.